The van der Waals surface area contributed by atoms with E-state index in [2.05, 4.69) is 5.32 Å². The van der Waals surface area contributed by atoms with Gasteiger partial charge < -0.3 is 10.4 Å². The van der Waals surface area contributed by atoms with Gasteiger partial charge in [-0.15, -0.1) is 0 Å². The summed E-state index contributed by atoms with van der Waals surface area (Å²) in [6.45, 7) is 2.80. The standard InChI is InChI=1S/C10H18N2O3/c1-7-3-4-8(10(14)15)5-12(7)6-9(13)11-2/h7-8H,3-6H2,1-2H3,(H,11,13)(H,14,15). The lowest BCUT2D eigenvalue weighted by atomic mass is 9.93. The molecule has 5 nitrogen and oxygen atoms in total. The van der Waals surface area contributed by atoms with E-state index in [1.807, 2.05) is 11.8 Å². The predicted octanol–water partition coefficient (Wildman–Crippen LogP) is -0.0825. The Kier molecular flexibility index (Phi) is 4.08. The number of aliphatic carboxylic acids is 1. The van der Waals surface area contributed by atoms with Crippen LogP contribution in [0, 0.1) is 5.92 Å². The van der Waals surface area contributed by atoms with E-state index >= 15 is 0 Å². The molecule has 0 aliphatic carbocycles. The zero-order chi connectivity index (χ0) is 11.4. The van der Waals surface area contributed by atoms with Crippen molar-refractivity contribution in [2.45, 2.75) is 25.8 Å². The number of hydrogen-bond donors (Lipinski definition) is 2. The van der Waals surface area contributed by atoms with Crippen LogP contribution in [0.3, 0.4) is 0 Å². The maximum absolute atomic E-state index is 11.2. The SMILES string of the molecule is CNC(=O)CN1CC(C(=O)O)CCC1C. The summed E-state index contributed by atoms with van der Waals surface area (Å²) in [5, 5.41) is 11.5. The summed E-state index contributed by atoms with van der Waals surface area (Å²) in [6.07, 6.45) is 1.55. The molecule has 0 saturated carbocycles. The van der Waals surface area contributed by atoms with Gasteiger partial charge in [0.05, 0.1) is 12.5 Å². The largest absolute Gasteiger partial charge is 0.481 e. The topological polar surface area (TPSA) is 69.6 Å². The van der Waals surface area contributed by atoms with E-state index in [0.29, 0.717) is 19.5 Å². The van der Waals surface area contributed by atoms with Crippen LogP contribution < -0.4 is 5.32 Å². The van der Waals surface area contributed by atoms with Gasteiger partial charge in [0, 0.05) is 19.6 Å². The number of carbonyl (C=O) groups excluding carboxylic acids is 1. The lowest BCUT2D eigenvalue weighted by Gasteiger charge is -2.35. The van der Waals surface area contributed by atoms with Crippen LogP contribution in [0.15, 0.2) is 0 Å². The second-order valence-corrected chi connectivity index (χ2v) is 4.06. The number of rotatable bonds is 3. The van der Waals surface area contributed by atoms with Gasteiger partial charge in [0.15, 0.2) is 0 Å². The highest BCUT2D eigenvalue weighted by molar-refractivity contribution is 5.78. The third kappa shape index (κ3) is 3.20. The number of nitrogens with one attached hydrogen (secondary N) is 1. The second-order valence-electron chi connectivity index (χ2n) is 4.06. The Bertz CT molecular complexity index is 255. The Morgan fingerprint density at radius 1 is 1.47 bits per heavy atom. The number of likely N-dealkylation sites (tertiary alicyclic amines) is 1. The third-order valence-corrected chi connectivity index (χ3v) is 2.99. The van der Waals surface area contributed by atoms with Gasteiger partial charge in [-0.2, -0.15) is 0 Å². The highest BCUT2D eigenvalue weighted by atomic mass is 16.4. The van der Waals surface area contributed by atoms with Crippen LogP contribution in [-0.4, -0.2) is 48.1 Å². The monoisotopic (exact) mass is 214 g/mol. The number of hydrogen-bond acceptors (Lipinski definition) is 3. The first-order valence-corrected chi connectivity index (χ1v) is 5.22. The fraction of sp³-hybridized carbons (Fsp3) is 0.800. The highest BCUT2D eigenvalue weighted by Crippen LogP contribution is 2.21. The summed E-state index contributed by atoms with van der Waals surface area (Å²) in [6, 6.07) is 0.290. The Morgan fingerprint density at radius 3 is 2.67 bits per heavy atom. The van der Waals surface area contributed by atoms with E-state index < -0.39 is 5.97 Å². The van der Waals surface area contributed by atoms with Crippen molar-refractivity contribution in [2.75, 3.05) is 20.1 Å². The van der Waals surface area contributed by atoms with E-state index in [0.717, 1.165) is 6.42 Å². The molecule has 0 bridgehead atoms. The molecule has 2 atom stereocenters. The molecule has 5 heteroatoms. The Morgan fingerprint density at radius 2 is 2.13 bits per heavy atom. The zero-order valence-corrected chi connectivity index (χ0v) is 9.19. The molecular weight excluding hydrogens is 196 g/mol. The van der Waals surface area contributed by atoms with Gasteiger partial charge in [-0.3, -0.25) is 14.5 Å². The summed E-state index contributed by atoms with van der Waals surface area (Å²) < 4.78 is 0. The molecule has 0 aromatic heterocycles. The van der Waals surface area contributed by atoms with Crippen molar-refractivity contribution >= 4 is 11.9 Å². The number of piperidine rings is 1. The molecule has 0 radical (unpaired) electrons. The van der Waals surface area contributed by atoms with Crippen molar-refractivity contribution in [3.8, 4) is 0 Å². The fourth-order valence-electron chi connectivity index (χ4n) is 1.86. The van der Waals surface area contributed by atoms with Gasteiger partial charge in [0.2, 0.25) is 5.91 Å². The first kappa shape index (κ1) is 12.0. The quantitative estimate of drug-likeness (QED) is 0.689. The van der Waals surface area contributed by atoms with Crippen LogP contribution in [0.2, 0.25) is 0 Å². The van der Waals surface area contributed by atoms with Crippen molar-refractivity contribution in [1.29, 1.82) is 0 Å². The van der Waals surface area contributed by atoms with Crippen LogP contribution in [0.1, 0.15) is 19.8 Å². The second kappa shape index (κ2) is 5.11. The first-order valence-electron chi connectivity index (χ1n) is 5.22. The number of amides is 1. The molecule has 86 valence electrons. The average Bonchev–Trinajstić information content (AvgIpc) is 2.20. The minimum Gasteiger partial charge on any atom is -0.481 e. The van der Waals surface area contributed by atoms with Crippen LogP contribution in [0.25, 0.3) is 0 Å². The minimum absolute atomic E-state index is 0.0621. The molecule has 1 heterocycles. The Balaban J connectivity index is 2.53. The lowest BCUT2D eigenvalue weighted by molar-refractivity contribution is -0.144. The molecule has 2 unspecified atom stereocenters. The molecule has 15 heavy (non-hydrogen) atoms. The van der Waals surface area contributed by atoms with Crippen LogP contribution in [0.5, 0.6) is 0 Å². The van der Waals surface area contributed by atoms with Crippen molar-refractivity contribution < 1.29 is 14.7 Å². The maximum Gasteiger partial charge on any atom is 0.307 e. The van der Waals surface area contributed by atoms with E-state index in [9.17, 15) is 9.59 Å². The molecule has 1 fully saturated rings. The molecule has 1 aliphatic heterocycles. The van der Waals surface area contributed by atoms with Crippen molar-refractivity contribution in [1.82, 2.24) is 10.2 Å². The van der Waals surface area contributed by atoms with E-state index in [4.69, 9.17) is 5.11 Å². The van der Waals surface area contributed by atoms with Gasteiger partial charge in [-0.05, 0) is 19.8 Å². The molecule has 2 N–H and O–H groups in total. The molecule has 1 rings (SSSR count). The number of nitrogens with zero attached hydrogens (tertiary/aromatic N) is 1. The average molecular weight is 214 g/mol. The van der Waals surface area contributed by atoms with E-state index in [1.165, 1.54) is 0 Å². The van der Waals surface area contributed by atoms with E-state index in [-0.39, 0.29) is 17.9 Å². The summed E-state index contributed by atoms with van der Waals surface area (Å²) in [5.74, 6) is -1.15. The number of carboxylic acids is 1. The highest BCUT2D eigenvalue weighted by Gasteiger charge is 2.30. The Hall–Kier alpha value is -1.10. The molecular formula is C10H18N2O3. The zero-order valence-electron chi connectivity index (χ0n) is 9.19. The Labute approximate surface area is 89.4 Å². The van der Waals surface area contributed by atoms with Gasteiger partial charge >= 0.3 is 5.97 Å². The normalized spacial score (nSPS) is 27.3. The smallest absolute Gasteiger partial charge is 0.307 e. The molecule has 0 spiro atoms. The number of carboxylic acid groups (broad SMARTS) is 1. The summed E-state index contributed by atoms with van der Waals surface area (Å²) in [7, 11) is 1.59. The van der Waals surface area contributed by atoms with Gasteiger partial charge in [0.1, 0.15) is 0 Å². The molecule has 1 amide bonds. The van der Waals surface area contributed by atoms with Gasteiger partial charge in [-0.25, -0.2) is 0 Å². The summed E-state index contributed by atoms with van der Waals surface area (Å²) in [4.78, 5) is 24.0. The van der Waals surface area contributed by atoms with Gasteiger partial charge in [0.25, 0.3) is 0 Å². The van der Waals surface area contributed by atoms with Gasteiger partial charge in [-0.1, -0.05) is 0 Å². The lowest BCUT2D eigenvalue weighted by Crippen LogP contribution is -2.48. The van der Waals surface area contributed by atoms with Crippen LogP contribution in [0.4, 0.5) is 0 Å². The maximum atomic E-state index is 11.2. The fourth-order valence-corrected chi connectivity index (χ4v) is 1.86. The van der Waals surface area contributed by atoms with Crippen LogP contribution in [-0.2, 0) is 9.59 Å². The molecule has 1 aliphatic rings. The molecule has 0 aromatic rings. The van der Waals surface area contributed by atoms with E-state index in [1.54, 1.807) is 7.05 Å². The molecule has 1 saturated heterocycles. The predicted molar refractivity (Wildman–Crippen MR) is 55.5 cm³/mol. The van der Waals surface area contributed by atoms with Crippen molar-refractivity contribution in [3.63, 3.8) is 0 Å². The van der Waals surface area contributed by atoms with Crippen molar-refractivity contribution in [3.05, 3.63) is 0 Å². The number of likely N-dealkylation sites (N-methyl/N-ethyl adjacent to an activating group) is 1. The summed E-state index contributed by atoms with van der Waals surface area (Å²) >= 11 is 0. The summed E-state index contributed by atoms with van der Waals surface area (Å²) in [5.41, 5.74) is 0. The van der Waals surface area contributed by atoms with Crippen LogP contribution >= 0.6 is 0 Å². The molecule has 0 aromatic carbocycles. The first-order chi connectivity index (χ1) is 7.04. The third-order valence-electron chi connectivity index (χ3n) is 2.99. The van der Waals surface area contributed by atoms with Crippen molar-refractivity contribution in [2.24, 2.45) is 5.92 Å². The minimum atomic E-state index is -0.760. The number of carbonyl (C=O) groups is 2.